The summed E-state index contributed by atoms with van der Waals surface area (Å²) in [5, 5.41) is 10.9. The highest BCUT2D eigenvalue weighted by atomic mass is 35.5. The lowest BCUT2D eigenvalue weighted by molar-refractivity contribution is -0.384. The van der Waals surface area contributed by atoms with Crippen LogP contribution in [-0.2, 0) is 17.8 Å². The summed E-state index contributed by atoms with van der Waals surface area (Å²) in [6.07, 6.45) is 2.44. The minimum absolute atomic E-state index is 0.0995. The first kappa shape index (κ1) is 14.4. The maximum Gasteiger partial charge on any atom is 0.288 e. The molecule has 0 spiro atoms. The van der Waals surface area contributed by atoms with Crippen LogP contribution in [0.15, 0.2) is 42.6 Å². The summed E-state index contributed by atoms with van der Waals surface area (Å²) in [5.41, 5.74) is 1.58. The average Bonchev–Trinajstić information content (AvgIpc) is 2.46. The number of hydrogen-bond donors (Lipinski definition) is 0. The molecule has 0 fully saturated rings. The van der Waals surface area contributed by atoms with Gasteiger partial charge >= 0.3 is 0 Å². The molecule has 0 amide bonds. The van der Waals surface area contributed by atoms with Crippen molar-refractivity contribution in [1.82, 2.24) is 4.98 Å². The SMILES string of the molecule is O=[N+]([O-])c1cc(COCCc2ccccn2)ccc1Cl. The zero-order chi connectivity index (χ0) is 14.4. The Kier molecular flexibility index (Phi) is 5.03. The molecule has 0 aliphatic carbocycles. The Morgan fingerprint density at radius 3 is 2.85 bits per heavy atom. The minimum Gasteiger partial charge on any atom is -0.376 e. The van der Waals surface area contributed by atoms with Gasteiger partial charge in [-0.3, -0.25) is 15.1 Å². The van der Waals surface area contributed by atoms with E-state index in [1.165, 1.54) is 12.1 Å². The molecule has 1 heterocycles. The van der Waals surface area contributed by atoms with Gasteiger partial charge in [-0.25, -0.2) is 0 Å². The first-order valence-corrected chi connectivity index (χ1v) is 6.45. The number of ether oxygens (including phenoxy) is 1. The van der Waals surface area contributed by atoms with Crippen LogP contribution in [0.25, 0.3) is 0 Å². The first-order valence-electron chi connectivity index (χ1n) is 6.07. The molecule has 0 aliphatic rings. The lowest BCUT2D eigenvalue weighted by Crippen LogP contribution is -2.01. The molecule has 0 atom stereocenters. The van der Waals surface area contributed by atoms with Crippen molar-refractivity contribution in [3.63, 3.8) is 0 Å². The molecule has 104 valence electrons. The van der Waals surface area contributed by atoms with Crippen molar-refractivity contribution in [2.75, 3.05) is 6.61 Å². The smallest absolute Gasteiger partial charge is 0.288 e. The Labute approximate surface area is 121 Å². The van der Waals surface area contributed by atoms with Gasteiger partial charge in [0.15, 0.2) is 0 Å². The van der Waals surface area contributed by atoms with Gasteiger partial charge in [-0.1, -0.05) is 23.7 Å². The second-order valence-electron chi connectivity index (χ2n) is 4.17. The quantitative estimate of drug-likeness (QED) is 0.465. The van der Waals surface area contributed by atoms with Gasteiger partial charge in [0.25, 0.3) is 5.69 Å². The molecule has 1 aromatic carbocycles. The molecule has 0 N–H and O–H groups in total. The lowest BCUT2D eigenvalue weighted by Gasteiger charge is -2.05. The first-order chi connectivity index (χ1) is 9.66. The molecule has 1 aromatic heterocycles. The van der Waals surface area contributed by atoms with Crippen LogP contribution in [0.1, 0.15) is 11.3 Å². The maximum absolute atomic E-state index is 10.8. The maximum atomic E-state index is 10.8. The van der Waals surface area contributed by atoms with Crippen LogP contribution in [-0.4, -0.2) is 16.5 Å². The second kappa shape index (κ2) is 6.98. The van der Waals surface area contributed by atoms with E-state index in [0.29, 0.717) is 19.6 Å². The zero-order valence-corrected chi connectivity index (χ0v) is 11.4. The van der Waals surface area contributed by atoms with E-state index < -0.39 is 4.92 Å². The van der Waals surface area contributed by atoms with E-state index >= 15 is 0 Å². The van der Waals surface area contributed by atoms with E-state index in [0.717, 1.165) is 11.3 Å². The Morgan fingerprint density at radius 2 is 2.15 bits per heavy atom. The minimum atomic E-state index is -0.500. The van der Waals surface area contributed by atoms with Crippen molar-refractivity contribution in [1.29, 1.82) is 0 Å². The number of hydrogen-bond acceptors (Lipinski definition) is 4. The normalized spacial score (nSPS) is 10.4. The molecule has 0 bridgehead atoms. The summed E-state index contributed by atoms with van der Waals surface area (Å²) in [5.74, 6) is 0. The molecular weight excluding hydrogens is 280 g/mol. The third kappa shape index (κ3) is 4.01. The number of pyridine rings is 1. The number of aromatic nitrogens is 1. The van der Waals surface area contributed by atoms with Crippen molar-refractivity contribution < 1.29 is 9.66 Å². The van der Waals surface area contributed by atoms with Crippen LogP contribution in [0, 0.1) is 10.1 Å². The number of halogens is 1. The number of benzene rings is 1. The fourth-order valence-electron chi connectivity index (χ4n) is 1.70. The molecule has 0 saturated carbocycles. The third-order valence-electron chi connectivity index (χ3n) is 2.70. The predicted octanol–water partition coefficient (Wildman–Crippen LogP) is 3.40. The number of nitrogens with zero attached hydrogens (tertiary/aromatic N) is 2. The van der Waals surface area contributed by atoms with E-state index in [-0.39, 0.29) is 10.7 Å². The highest BCUT2D eigenvalue weighted by molar-refractivity contribution is 6.32. The van der Waals surface area contributed by atoms with Gasteiger partial charge in [-0.05, 0) is 23.8 Å². The summed E-state index contributed by atoms with van der Waals surface area (Å²) < 4.78 is 5.49. The van der Waals surface area contributed by atoms with Gasteiger partial charge in [0.2, 0.25) is 0 Å². The van der Waals surface area contributed by atoms with Gasteiger partial charge in [0.05, 0.1) is 18.1 Å². The van der Waals surface area contributed by atoms with Gasteiger partial charge < -0.3 is 4.74 Å². The predicted molar refractivity (Wildman–Crippen MR) is 75.7 cm³/mol. The van der Waals surface area contributed by atoms with E-state index in [9.17, 15) is 10.1 Å². The molecule has 0 saturated heterocycles. The summed E-state index contributed by atoms with van der Waals surface area (Å²) in [6, 6.07) is 10.4. The van der Waals surface area contributed by atoms with Gasteiger partial charge in [0.1, 0.15) is 5.02 Å². The standard InChI is InChI=1S/C14H13ClN2O3/c15-13-5-4-11(9-14(13)17(18)19)10-20-8-6-12-3-1-2-7-16-12/h1-5,7,9H,6,8,10H2. The molecule has 2 rings (SSSR count). The molecule has 6 heteroatoms. The molecule has 0 aliphatic heterocycles. The molecular formula is C14H13ClN2O3. The Bertz CT molecular complexity index is 590. The molecule has 2 aromatic rings. The third-order valence-corrected chi connectivity index (χ3v) is 3.02. The van der Waals surface area contributed by atoms with Gasteiger partial charge in [-0.15, -0.1) is 0 Å². The van der Waals surface area contributed by atoms with E-state index in [2.05, 4.69) is 4.98 Å². The fraction of sp³-hybridized carbons (Fsp3) is 0.214. The van der Waals surface area contributed by atoms with Crippen molar-refractivity contribution in [3.8, 4) is 0 Å². The summed E-state index contributed by atoms with van der Waals surface area (Å²) in [4.78, 5) is 14.4. The van der Waals surface area contributed by atoms with Crippen LogP contribution in [0.2, 0.25) is 5.02 Å². The second-order valence-corrected chi connectivity index (χ2v) is 4.57. The highest BCUT2D eigenvalue weighted by Crippen LogP contribution is 2.25. The lowest BCUT2D eigenvalue weighted by atomic mass is 10.2. The highest BCUT2D eigenvalue weighted by Gasteiger charge is 2.12. The summed E-state index contributed by atoms with van der Waals surface area (Å²) in [6.45, 7) is 0.818. The van der Waals surface area contributed by atoms with E-state index in [4.69, 9.17) is 16.3 Å². The summed E-state index contributed by atoms with van der Waals surface area (Å²) >= 11 is 5.74. The number of rotatable bonds is 6. The molecule has 20 heavy (non-hydrogen) atoms. The molecule has 0 unspecified atom stereocenters. The topological polar surface area (TPSA) is 65.3 Å². The number of nitro groups is 1. The van der Waals surface area contributed by atoms with Crippen molar-refractivity contribution in [2.24, 2.45) is 0 Å². The monoisotopic (exact) mass is 292 g/mol. The van der Waals surface area contributed by atoms with Crippen LogP contribution in [0.3, 0.4) is 0 Å². The number of nitro benzene ring substituents is 1. The average molecular weight is 293 g/mol. The molecule has 5 nitrogen and oxygen atoms in total. The van der Waals surface area contributed by atoms with Crippen LogP contribution >= 0.6 is 11.6 Å². The van der Waals surface area contributed by atoms with Crippen molar-refractivity contribution in [3.05, 3.63) is 69.0 Å². The van der Waals surface area contributed by atoms with Crippen LogP contribution < -0.4 is 0 Å². The van der Waals surface area contributed by atoms with E-state index in [1.54, 1.807) is 12.3 Å². The Hall–Kier alpha value is -1.98. The van der Waals surface area contributed by atoms with E-state index in [1.807, 2.05) is 18.2 Å². The van der Waals surface area contributed by atoms with Crippen molar-refractivity contribution in [2.45, 2.75) is 13.0 Å². The zero-order valence-electron chi connectivity index (χ0n) is 10.7. The summed E-state index contributed by atoms with van der Waals surface area (Å²) in [7, 11) is 0. The Balaban J connectivity index is 1.85. The van der Waals surface area contributed by atoms with Crippen molar-refractivity contribution >= 4 is 17.3 Å². The van der Waals surface area contributed by atoms with Crippen LogP contribution in [0.4, 0.5) is 5.69 Å². The Morgan fingerprint density at radius 1 is 1.30 bits per heavy atom. The van der Waals surface area contributed by atoms with Gasteiger partial charge in [-0.2, -0.15) is 0 Å². The van der Waals surface area contributed by atoms with Gasteiger partial charge in [0, 0.05) is 24.4 Å². The molecule has 0 radical (unpaired) electrons. The largest absolute Gasteiger partial charge is 0.376 e. The van der Waals surface area contributed by atoms with Crippen LogP contribution in [0.5, 0.6) is 0 Å². The fourth-order valence-corrected chi connectivity index (χ4v) is 1.89.